The molecule has 0 heterocycles. The summed E-state index contributed by atoms with van der Waals surface area (Å²) in [5.41, 5.74) is 3.50. The van der Waals surface area contributed by atoms with E-state index in [1.165, 1.54) is 4.31 Å². The molecule has 0 spiro atoms. The highest BCUT2D eigenvalue weighted by atomic mass is 32.2. The minimum Gasteiger partial charge on any atom is -0.493 e. The first kappa shape index (κ1) is 24.7. The molecule has 0 saturated heterocycles. The van der Waals surface area contributed by atoms with Gasteiger partial charge in [0.15, 0.2) is 0 Å². The number of hydrogen-bond donors (Lipinski definition) is 1. The second kappa shape index (κ2) is 11.2. The number of amides is 1. The summed E-state index contributed by atoms with van der Waals surface area (Å²) in [7, 11) is -3.63. The van der Waals surface area contributed by atoms with Crippen LogP contribution in [0, 0.1) is 13.8 Å². The molecule has 2 rings (SSSR count). The summed E-state index contributed by atoms with van der Waals surface area (Å²) in [5, 5.41) is 2.88. The number of rotatable bonds is 11. The molecule has 31 heavy (non-hydrogen) atoms. The highest BCUT2D eigenvalue weighted by Crippen LogP contribution is 2.24. The summed E-state index contributed by atoms with van der Waals surface area (Å²) in [5.74, 6) is 0.558. The second-order valence-corrected chi connectivity index (χ2v) is 9.79. The highest BCUT2D eigenvalue weighted by molar-refractivity contribution is 7.92. The van der Waals surface area contributed by atoms with Crippen LogP contribution < -0.4 is 14.4 Å². The van der Waals surface area contributed by atoms with Crippen molar-refractivity contribution in [2.45, 2.75) is 53.0 Å². The van der Waals surface area contributed by atoms with E-state index >= 15 is 0 Å². The fourth-order valence-corrected chi connectivity index (χ4v) is 4.75. The number of carbonyl (C=O) groups excluding carboxylic acids is 1. The lowest BCUT2D eigenvalue weighted by Crippen LogP contribution is -2.48. The molecule has 0 radical (unpaired) electrons. The number of nitrogens with zero attached hydrogens (tertiary/aromatic N) is 1. The Kier molecular flexibility index (Phi) is 8.92. The van der Waals surface area contributed by atoms with Gasteiger partial charge in [0.25, 0.3) is 0 Å². The number of ether oxygens (including phenoxy) is 1. The zero-order chi connectivity index (χ0) is 23.0. The van der Waals surface area contributed by atoms with Crippen molar-refractivity contribution in [2.24, 2.45) is 0 Å². The van der Waals surface area contributed by atoms with Gasteiger partial charge in [-0.1, -0.05) is 31.2 Å². The molecule has 6 nitrogen and oxygen atoms in total. The van der Waals surface area contributed by atoms with E-state index in [-0.39, 0.29) is 5.91 Å². The second-order valence-electron chi connectivity index (χ2n) is 7.93. The van der Waals surface area contributed by atoms with Crippen molar-refractivity contribution >= 4 is 21.6 Å². The Hall–Kier alpha value is -2.54. The maximum absolute atomic E-state index is 12.8. The predicted molar refractivity (Wildman–Crippen MR) is 126 cm³/mol. The zero-order valence-corrected chi connectivity index (χ0v) is 20.0. The quantitative estimate of drug-likeness (QED) is 0.530. The van der Waals surface area contributed by atoms with Gasteiger partial charge in [-0.2, -0.15) is 0 Å². The summed E-state index contributed by atoms with van der Waals surface area (Å²) < 4.78 is 31.9. The van der Waals surface area contributed by atoms with Crippen LogP contribution in [0.5, 0.6) is 5.75 Å². The minimum absolute atomic E-state index is 0.319. The summed E-state index contributed by atoms with van der Waals surface area (Å²) >= 11 is 0. The molecule has 0 unspecified atom stereocenters. The first-order valence-corrected chi connectivity index (χ1v) is 12.5. The van der Waals surface area contributed by atoms with Crippen LogP contribution in [0.1, 0.15) is 43.4 Å². The Balaban J connectivity index is 2.01. The molecule has 0 aliphatic rings. The monoisotopic (exact) mass is 446 g/mol. The van der Waals surface area contributed by atoms with E-state index in [2.05, 4.69) is 12.2 Å². The van der Waals surface area contributed by atoms with E-state index in [4.69, 9.17) is 4.74 Å². The standard InChI is InChI=1S/C24H34N2O4S/c1-6-14-30-23-12-8-7-10-21(23)11-9-13-25-24(27)20(4)26(31(5,28)29)22-16-18(2)15-19(3)17-22/h7-8,10,12,15-17,20H,6,9,11,13-14H2,1-5H3,(H,25,27)/t20-/m0/s1. The number of carbonyl (C=O) groups is 1. The van der Waals surface area contributed by atoms with E-state index in [0.717, 1.165) is 48.0 Å². The first-order valence-electron chi connectivity index (χ1n) is 10.7. The van der Waals surface area contributed by atoms with Gasteiger partial charge in [-0.25, -0.2) is 8.42 Å². The van der Waals surface area contributed by atoms with Gasteiger partial charge in [-0.3, -0.25) is 9.10 Å². The van der Waals surface area contributed by atoms with Crippen LogP contribution in [-0.4, -0.2) is 39.8 Å². The van der Waals surface area contributed by atoms with E-state index in [9.17, 15) is 13.2 Å². The highest BCUT2D eigenvalue weighted by Gasteiger charge is 2.29. The average Bonchev–Trinajstić information content (AvgIpc) is 2.68. The van der Waals surface area contributed by atoms with Gasteiger partial charge in [0.1, 0.15) is 11.8 Å². The van der Waals surface area contributed by atoms with Gasteiger partial charge in [-0.15, -0.1) is 0 Å². The predicted octanol–water partition coefficient (Wildman–Crippen LogP) is 4.00. The SMILES string of the molecule is CCCOc1ccccc1CCCNC(=O)[C@H](C)N(c1cc(C)cc(C)c1)S(C)(=O)=O. The third-order valence-electron chi connectivity index (χ3n) is 4.91. The van der Waals surface area contributed by atoms with Crippen LogP contribution in [0.3, 0.4) is 0 Å². The Labute approximate surface area is 186 Å². The van der Waals surface area contributed by atoms with Gasteiger partial charge < -0.3 is 10.1 Å². The van der Waals surface area contributed by atoms with E-state index in [0.29, 0.717) is 18.8 Å². The number of nitrogens with one attached hydrogen (secondary N) is 1. The number of anilines is 1. The van der Waals surface area contributed by atoms with Crippen molar-refractivity contribution in [3.05, 3.63) is 59.2 Å². The number of benzene rings is 2. The zero-order valence-electron chi connectivity index (χ0n) is 19.1. The van der Waals surface area contributed by atoms with Crippen LogP contribution in [0.4, 0.5) is 5.69 Å². The van der Waals surface area contributed by atoms with Crippen LogP contribution in [0.15, 0.2) is 42.5 Å². The largest absolute Gasteiger partial charge is 0.493 e. The maximum Gasteiger partial charge on any atom is 0.243 e. The van der Waals surface area contributed by atoms with Gasteiger partial charge in [-0.05, 0) is 74.9 Å². The maximum atomic E-state index is 12.8. The first-order chi connectivity index (χ1) is 14.6. The molecule has 1 amide bonds. The molecule has 0 aliphatic carbocycles. The fourth-order valence-electron chi connectivity index (χ4n) is 3.59. The van der Waals surface area contributed by atoms with Crippen LogP contribution in [0.2, 0.25) is 0 Å². The topological polar surface area (TPSA) is 75.7 Å². The minimum atomic E-state index is -3.63. The van der Waals surface area contributed by atoms with Gasteiger partial charge >= 0.3 is 0 Å². The van der Waals surface area contributed by atoms with Crippen molar-refractivity contribution in [1.29, 1.82) is 0 Å². The average molecular weight is 447 g/mol. The number of hydrogen-bond acceptors (Lipinski definition) is 4. The van der Waals surface area contributed by atoms with Crippen molar-refractivity contribution in [2.75, 3.05) is 23.7 Å². The van der Waals surface area contributed by atoms with Crippen LogP contribution in [0.25, 0.3) is 0 Å². The van der Waals surface area contributed by atoms with Gasteiger partial charge in [0, 0.05) is 6.54 Å². The van der Waals surface area contributed by atoms with Gasteiger partial charge in [0.05, 0.1) is 18.6 Å². The van der Waals surface area contributed by atoms with E-state index in [1.54, 1.807) is 19.1 Å². The summed E-state index contributed by atoms with van der Waals surface area (Å²) in [6, 6.07) is 12.6. The van der Waals surface area contributed by atoms with Crippen LogP contribution >= 0.6 is 0 Å². The van der Waals surface area contributed by atoms with Crippen molar-refractivity contribution in [1.82, 2.24) is 5.32 Å². The van der Waals surface area contributed by atoms with Crippen LogP contribution in [-0.2, 0) is 21.2 Å². The third kappa shape index (κ3) is 7.28. The fraction of sp³-hybridized carbons (Fsp3) is 0.458. The molecule has 1 atom stereocenters. The molecule has 0 aromatic heterocycles. The normalized spacial score (nSPS) is 12.3. The molecule has 0 bridgehead atoms. The molecule has 2 aromatic rings. The van der Waals surface area contributed by atoms with E-state index < -0.39 is 16.1 Å². The van der Waals surface area contributed by atoms with Gasteiger partial charge in [0.2, 0.25) is 15.9 Å². The smallest absolute Gasteiger partial charge is 0.243 e. The number of para-hydroxylation sites is 1. The molecular formula is C24H34N2O4S. The Bertz CT molecular complexity index is 969. The van der Waals surface area contributed by atoms with Crippen molar-refractivity contribution in [3.63, 3.8) is 0 Å². The lowest BCUT2D eigenvalue weighted by Gasteiger charge is -2.28. The molecule has 0 fully saturated rings. The molecule has 0 saturated carbocycles. The van der Waals surface area contributed by atoms with E-state index in [1.807, 2.05) is 44.2 Å². The van der Waals surface area contributed by atoms with Crippen molar-refractivity contribution in [3.8, 4) is 5.75 Å². The lowest BCUT2D eigenvalue weighted by atomic mass is 10.1. The molecule has 2 aromatic carbocycles. The molecule has 1 N–H and O–H groups in total. The molecule has 170 valence electrons. The van der Waals surface area contributed by atoms with Crippen molar-refractivity contribution < 1.29 is 17.9 Å². The number of sulfonamides is 1. The third-order valence-corrected chi connectivity index (χ3v) is 6.15. The lowest BCUT2D eigenvalue weighted by molar-refractivity contribution is -0.121. The Morgan fingerprint density at radius 3 is 2.39 bits per heavy atom. The summed E-state index contributed by atoms with van der Waals surface area (Å²) in [6.07, 6.45) is 3.57. The number of aryl methyl sites for hydroxylation is 3. The Morgan fingerprint density at radius 2 is 1.77 bits per heavy atom. The summed E-state index contributed by atoms with van der Waals surface area (Å²) in [6.45, 7) is 8.62. The molecular weight excluding hydrogens is 412 g/mol. The molecule has 7 heteroatoms. The molecule has 0 aliphatic heterocycles. The summed E-state index contributed by atoms with van der Waals surface area (Å²) in [4.78, 5) is 12.8. The Morgan fingerprint density at radius 1 is 1.13 bits per heavy atom.